The van der Waals surface area contributed by atoms with Gasteiger partial charge in [-0.15, -0.1) is 10.2 Å². The summed E-state index contributed by atoms with van der Waals surface area (Å²) in [5, 5.41) is 11.8. The molecule has 0 unspecified atom stereocenters. The standard InChI is InChI=1S/C21H20ClN5O3S/c22-16-6-4-5-15(13-16)19-24-25-21(30-19)31-14-18(28)26-9-11-27(12-10-26)20(29)23-17-7-2-1-3-8-17/h1-8,13H,9-12,14H2,(H,23,29). The second kappa shape index (κ2) is 9.84. The van der Waals surface area contributed by atoms with Crippen molar-refractivity contribution in [1.29, 1.82) is 0 Å². The highest BCUT2D eigenvalue weighted by Gasteiger charge is 2.24. The molecule has 2 heterocycles. The molecule has 1 aliphatic heterocycles. The Morgan fingerprint density at radius 1 is 1.00 bits per heavy atom. The molecule has 3 amide bonds. The van der Waals surface area contributed by atoms with E-state index in [1.165, 1.54) is 11.8 Å². The normalized spacial score (nSPS) is 13.8. The maximum atomic E-state index is 12.5. The summed E-state index contributed by atoms with van der Waals surface area (Å²) >= 11 is 7.18. The summed E-state index contributed by atoms with van der Waals surface area (Å²) in [5.41, 5.74) is 1.47. The first-order valence-electron chi connectivity index (χ1n) is 9.69. The molecule has 3 aromatic rings. The Labute approximate surface area is 188 Å². The third-order valence-electron chi connectivity index (χ3n) is 4.74. The number of carbonyl (C=O) groups excluding carboxylic acids is 2. The van der Waals surface area contributed by atoms with Crippen molar-refractivity contribution in [3.05, 3.63) is 59.6 Å². The largest absolute Gasteiger partial charge is 0.411 e. The third-order valence-corrected chi connectivity index (χ3v) is 5.78. The number of urea groups is 1. The highest BCUT2D eigenvalue weighted by Crippen LogP contribution is 2.25. The van der Waals surface area contributed by atoms with Gasteiger partial charge < -0.3 is 19.5 Å². The molecule has 0 aliphatic carbocycles. The molecular formula is C21H20ClN5O3S. The number of hydrogen-bond acceptors (Lipinski definition) is 6. The van der Waals surface area contributed by atoms with E-state index < -0.39 is 0 Å². The Morgan fingerprint density at radius 2 is 1.74 bits per heavy atom. The molecule has 0 spiro atoms. The van der Waals surface area contributed by atoms with Crippen LogP contribution < -0.4 is 5.32 Å². The van der Waals surface area contributed by atoms with Crippen LogP contribution in [-0.4, -0.2) is 63.9 Å². The van der Waals surface area contributed by atoms with E-state index in [9.17, 15) is 9.59 Å². The average molecular weight is 458 g/mol. The number of anilines is 1. The molecule has 10 heteroatoms. The molecule has 1 N–H and O–H groups in total. The van der Waals surface area contributed by atoms with Gasteiger partial charge in [0.1, 0.15) is 0 Å². The summed E-state index contributed by atoms with van der Waals surface area (Å²) in [5.74, 6) is 0.513. The van der Waals surface area contributed by atoms with Crippen LogP contribution in [0.25, 0.3) is 11.5 Å². The number of amides is 3. The van der Waals surface area contributed by atoms with E-state index in [0.29, 0.717) is 42.3 Å². The van der Waals surface area contributed by atoms with E-state index in [0.717, 1.165) is 11.3 Å². The highest BCUT2D eigenvalue weighted by molar-refractivity contribution is 7.99. The van der Waals surface area contributed by atoms with E-state index in [-0.39, 0.29) is 17.7 Å². The first-order chi connectivity index (χ1) is 15.1. The number of thioether (sulfide) groups is 1. The van der Waals surface area contributed by atoms with Gasteiger partial charge in [0.2, 0.25) is 11.8 Å². The Bertz CT molecular complexity index is 1050. The number of rotatable bonds is 5. The number of carbonyl (C=O) groups is 2. The Balaban J connectivity index is 1.24. The van der Waals surface area contributed by atoms with Crippen molar-refractivity contribution in [1.82, 2.24) is 20.0 Å². The highest BCUT2D eigenvalue weighted by atomic mass is 35.5. The Kier molecular flexibility index (Phi) is 6.73. The topological polar surface area (TPSA) is 91.6 Å². The summed E-state index contributed by atoms with van der Waals surface area (Å²) in [6.07, 6.45) is 0. The number of nitrogens with zero attached hydrogens (tertiary/aromatic N) is 4. The first-order valence-corrected chi connectivity index (χ1v) is 11.1. The van der Waals surface area contributed by atoms with Crippen LogP contribution in [-0.2, 0) is 4.79 Å². The molecule has 1 aromatic heterocycles. The van der Waals surface area contributed by atoms with E-state index in [4.69, 9.17) is 16.0 Å². The van der Waals surface area contributed by atoms with Crippen molar-refractivity contribution < 1.29 is 14.0 Å². The molecule has 8 nitrogen and oxygen atoms in total. The van der Waals surface area contributed by atoms with Crippen molar-refractivity contribution in [3.8, 4) is 11.5 Å². The van der Waals surface area contributed by atoms with Crippen LogP contribution in [0.15, 0.2) is 64.2 Å². The lowest BCUT2D eigenvalue weighted by atomic mass is 10.2. The predicted molar refractivity (Wildman–Crippen MR) is 119 cm³/mol. The molecule has 31 heavy (non-hydrogen) atoms. The molecule has 0 bridgehead atoms. The van der Waals surface area contributed by atoms with E-state index >= 15 is 0 Å². The van der Waals surface area contributed by atoms with Gasteiger partial charge in [0.05, 0.1) is 5.75 Å². The van der Waals surface area contributed by atoms with E-state index in [1.54, 1.807) is 28.0 Å². The predicted octanol–water partition coefficient (Wildman–Crippen LogP) is 3.86. The molecule has 0 atom stereocenters. The van der Waals surface area contributed by atoms with Gasteiger partial charge in [0, 0.05) is 42.5 Å². The number of nitrogens with one attached hydrogen (secondary N) is 1. The average Bonchev–Trinajstić information content (AvgIpc) is 3.27. The van der Waals surface area contributed by atoms with Crippen LogP contribution in [0.4, 0.5) is 10.5 Å². The second-order valence-electron chi connectivity index (χ2n) is 6.84. The second-order valence-corrected chi connectivity index (χ2v) is 8.20. The van der Waals surface area contributed by atoms with Gasteiger partial charge in [-0.3, -0.25) is 4.79 Å². The smallest absolute Gasteiger partial charge is 0.321 e. The zero-order chi connectivity index (χ0) is 21.6. The molecule has 0 radical (unpaired) electrons. The van der Waals surface area contributed by atoms with Gasteiger partial charge in [-0.25, -0.2) is 4.79 Å². The van der Waals surface area contributed by atoms with Crippen molar-refractivity contribution in [2.24, 2.45) is 0 Å². The van der Waals surface area contributed by atoms with Crippen LogP contribution in [0.3, 0.4) is 0 Å². The van der Waals surface area contributed by atoms with Crippen LogP contribution in [0, 0.1) is 0 Å². The molecule has 1 saturated heterocycles. The number of piperazine rings is 1. The maximum absolute atomic E-state index is 12.5. The summed E-state index contributed by atoms with van der Waals surface area (Å²) < 4.78 is 5.62. The molecule has 160 valence electrons. The van der Waals surface area contributed by atoms with E-state index in [1.807, 2.05) is 36.4 Å². The maximum Gasteiger partial charge on any atom is 0.321 e. The zero-order valence-electron chi connectivity index (χ0n) is 16.5. The lowest BCUT2D eigenvalue weighted by Gasteiger charge is -2.34. The van der Waals surface area contributed by atoms with Crippen molar-refractivity contribution in [3.63, 3.8) is 0 Å². The number of benzene rings is 2. The van der Waals surface area contributed by atoms with Crippen LogP contribution in [0.1, 0.15) is 0 Å². The molecular weight excluding hydrogens is 438 g/mol. The number of halogens is 1. The van der Waals surface area contributed by atoms with Gasteiger partial charge in [0.15, 0.2) is 0 Å². The van der Waals surface area contributed by atoms with Gasteiger partial charge in [-0.05, 0) is 30.3 Å². The molecule has 0 saturated carbocycles. The monoisotopic (exact) mass is 457 g/mol. The molecule has 2 aromatic carbocycles. The summed E-state index contributed by atoms with van der Waals surface area (Å²) in [7, 11) is 0. The minimum atomic E-state index is -0.160. The van der Waals surface area contributed by atoms with Crippen molar-refractivity contribution in [2.45, 2.75) is 5.22 Å². The molecule has 4 rings (SSSR count). The number of aromatic nitrogens is 2. The zero-order valence-corrected chi connectivity index (χ0v) is 18.1. The van der Waals surface area contributed by atoms with Crippen molar-refractivity contribution >= 4 is 41.0 Å². The molecule has 1 aliphatic rings. The van der Waals surface area contributed by atoms with Crippen LogP contribution in [0.5, 0.6) is 0 Å². The van der Waals surface area contributed by atoms with Gasteiger partial charge in [-0.1, -0.05) is 47.6 Å². The fraction of sp³-hybridized carbons (Fsp3) is 0.238. The van der Waals surface area contributed by atoms with Gasteiger partial charge in [0.25, 0.3) is 5.22 Å². The summed E-state index contributed by atoms with van der Waals surface area (Å²) in [6, 6.07) is 16.3. The minimum Gasteiger partial charge on any atom is -0.411 e. The quantitative estimate of drug-likeness (QED) is 0.585. The minimum absolute atomic E-state index is 0.0318. The van der Waals surface area contributed by atoms with Crippen molar-refractivity contribution in [2.75, 3.05) is 37.2 Å². The molecule has 1 fully saturated rings. The SMILES string of the molecule is O=C(CSc1nnc(-c2cccc(Cl)c2)o1)N1CCN(C(=O)Nc2ccccc2)CC1. The summed E-state index contributed by atoms with van der Waals surface area (Å²) in [4.78, 5) is 28.4. The number of para-hydroxylation sites is 1. The fourth-order valence-electron chi connectivity index (χ4n) is 3.10. The van der Waals surface area contributed by atoms with Gasteiger partial charge >= 0.3 is 6.03 Å². The number of hydrogen-bond donors (Lipinski definition) is 1. The van der Waals surface area contributed by atoms with Crippen LogP contribution in [0.2, 0.25) is 5.02 Å². The Hall–Kier alpha value is -3.04. The van der Waals surface area contributed by atoms with Crippen LogP contribution >= 0.6 is 23.4 Å². The van der Waals surface area contributed by atoms with E-state index in [2.05, 4.69) is 15.5 Å². The van der Waals surface area contributed by atoms with Gasteiger partial charge in [-0.2, -0.15) is 0 Å². The fourth-order valence-corrected chi connectivity index (χ4v) is 3.96. The first kappa shape index (κ1) is 21.2. The summed E-state index contributed by atoms with van der Waals surface area (Å²) in [6.45, 7) is 1.93. The lowest BCUT2D eigenvalue weighted by Crippen LogP contribution is -2.52. The third kappa shape index (κ3) is 5.56. The Morgan fingerprint density at radius 3 is 2.48 bits per heavy atom. The lowest BCUT2D eigenvalue weighted by molar-refractivity contribution is -0.129.